The average molecular weight is 499 g/mol. The van der Waals surface area contributed by atoms with Crippen molar-refractivity contribution >= 4 is 49.2 Å². The van der Waals surface area contributed by atoms with Crippen LogP contribution in [-0.2, 0) is 16.6 Å². The van der Waals surface area contributed by atoms with Gasteiger partial charge in [-0.25, -0.2) is 13.2 Å². The summed E-state index contributed by atoms with van der Waals surface area (Å²) in [5.41, 5.74) is 7.83. The fourth-order valence-corrected chi connectivity index (χ4v) is 5.45. The number of benzene rings is 4. The van der Waals surface area contributed by atoms with Crippen molar-refractivity contribution in [3.63, 3.8) is 0 Å². The van der Waals surface area contributed by atoms with Gasteiger partial charge in [-0.15, -0.1) is 0 Å². The second kappa shape index (κ2) is 8.86. The molecule has 0 unspecified atom stereocenters. The highest BCUT2D eigenvalue weighted by molar-refractivity contribution is 7.92. The lowest BCUT2D eigenvalue weighted by atomic mass is 10.0. The minimum Gasteiger partial charge on any atom is -0.477 e. The molecule has 180 valence electrons. The largest absolute Gasteiger partial charge is 0.477 e. The highest BCUT2D eigenvalue weighted by Gasteiger charge is 2.20. The van der Waals surface area contributed by atoms with Gasteiger partial charge in [-0.3, -0.25) is 10.1 Å². The first-order valence-corrected chi connectivity index (χ1v) is 12.5. The lowest BCUT2D eigenvalue weighted by Gasteiger charge is -2.15. The molecule has 8 nitrogen and oxygen atoms in total. The lowest BCUT2D eigenvalue weighted by Crippen LogP contribution is -2.15. The van der Waals surface area contributed by atoms with Gasteiger partial charge in [0.05, 0.1) is 4.90 Å². The van der Waals surface area contributed by atoms with Gasteiger partial charge in [0.25, 0.3) is 10.0 Å². The van der Waals surface area contributed by atoms with E-state index in [9.17, 15) is 18.3 Å². The minimum absolute atomic E-state index is 0.0467. The zero-order chi connectivity index (χ0) is 25.4. The fraction of sp³-hybridized carbons (Fsp3) is 0.0370. The van der Waals surface area contributed by atoms with Crippen LogP contribution in [-0.4, -0.2) is 29.9 Å². The standard InChI is InChI=1S/C27H22N4O4S/c28-26(29)19-11-10-18-14-25(27(32)33)31(24(18)15-19)16-20-13-22(12-17-6-4-5-9-23(17)20)36(34,35)30-21-7-2-1-3-8-21/h1-15,30H,16H2,(H3,28,29)(H,32,33). The van der Waals surface area contributed by atoms with Gasteiger partial charge in [0, 0.05) is 28.7 Å². The predicted molar refractivity (Wildman–Crippen MR) is 140 cm³/mol. The Labute approximate surface area is 207 Å². The molecule has 0 saturated carbocycles. The molecule has 0 radical (unpaired) electrons. The van der Waals surface area contributed by atoms with Crippen molar-refractivity contribution in [2.24, 2.45) is 5.73 Å². The highest BCUT2D eigenvalue weighted by atomic mass is 32.2. The monoisotopic (exact) mass is 498 g/mol. The first-order valence-electron chi connectivity index (χ1n) is 11.0. The Balaban J connectivity index is 1.68. The van der Waals surface area contributed by atoms with Gasteiger partial charge in [0.2, 0.25) is 0 Å². The van der Waals surface area contributed by atoms with Gasteiger partial charge in [-0.1, -0.05) is 54.6 Å². The molecule has 5 rings (SSSR count). The molecule has 0 aliphatic heterocycles. The van der Waals surface area contributed by atoms with Crippen LogP contribution in [0.4, 0.5) is 5.69 Å². The Morgan fingerprint density at radius 2 is 1.64 bits per heavy atom. The van der Waals surface area contributed by atoms with E-state index >= 15 is 0 Å². The maximum Gasteiger partial charge on any atom is 0.352 e. The number of aromatic nitrogens is 1. The summed E-state index contributed by atoms with van der Waals surface area (Å²) in [5, 5.41) is 19.8. The van der Waals surface area contributed by atoms with E-state index in [2.05, 4.69) is 4.72 Å². The van der Waals surface area contributed by atoms with Gasteiger partial charge in [-0.05, 0) is 52.7 Å². The number of nitrogen functional groups attached to an aromatic ring is 1. The van der Waals surface area contributed by atoms with E-state index in [0.29, 0.717) is 33.1 Å². The third kappa shape index (κ3) is 4.27. The summed E-state index contributed by atoms with van der Waals surface area (Å²) in [5.74, 6) is -1.25. The molecule has 0 amide bonds. The molecule has 0 atom stereocenters. The van der Waals surface area contributed by atoms with Gasteiger partial charge in [0.1, 0.15) is 11.5 Å². The van der Waals surface area contributed by atoms with E-state index in [1.807, 2.05) is 24.3 Å². The van der Waals surface area contributed by atoms with Crippen molar-refractivity contribution in [2.75, 3.05) is 4.72 Å². The number of sulfonamides is 1. The van der Waals surface area contributed by atoms with Crippen molar-refractivity contribution in [1.82, 2.24) is 4.57 Å². The molecule has 1 aromatic heterocycles. The number of nitrogens with zero attached hydrogens (tertiary/aromatic N) is 1. The summed E-state index contributed by atoms with van der Waals surface area (Å²) >= 11 is 0. The molecular formula is C27H22N4O4S. The molecule has 0 spiro atoms. The Morgan fingerprint density at radius 3 is 2.36 bits per heavy atom. The number of carboxylic acid groups (broad SMARTS) is 1. The number of carbonyl (C=O) groups is 1. The zero-order valence-corrected chi connectivity index (χ0v) is 19.8. The van der Waals surface area contributed by atoms with Crippen LogP contribution in [0.2, 0.25) is 0 Å². The number of nitrogens with two attached hydrogens (primary N) is 1. The Hall–Kier alpha value is -4.63. The van der Waals surface area contributed by atoms with E-state index in [4.69, 9.17) is 11.1 Å². The van der Waals surface area contributed by atoms with Gasteiger partial charge in [-0.2, -0.15) is 0 Å². The van der Waals surface area contributed by atoms with Gasteiger partial charge in [0.15, 0.2) is 0 Å². The summed E-state index contributed by atoms with van der Waals surface area (Å²) < 4.78 is 30.7. The van der Waals surface area contributed by atoms with Crippen LogP contribution >= 0.6 is 0 Å². The molecule has 0 aliphatic rings. The van der Waals surface area contributed by atoms with E-state index in [-0.39, 0.29) is 23.0 Å². The topological polar surface area (TPSA) is 138 Å². The van der Waals surface area contributed by atoms with Gasteiger partial charge < -0.3 is 15.4 Å². The Kier molecular flexibility index (Phi) is 5.69. The number of hydrogen-bond donors (Lipinski definition) is 4. The van der Waals surface area contributed by atoms with Gasteiger partial charge >= 0.3 is 5.97 Å². The first-order chi connectivity index (χ1) is 17.2. The van der Waals surface area contributed by atoms with E-state index < -0.39 is 16.0 Å². The molecule has 9 heteroatoms. The number of carboxylic acids is 1. The van der Waals surface area contributed by atoms with Crippen molar-refractivity contribution in [3.8, 4) is 0 Å². The number of nitrogens with one attached hydrogen (secondary N) is 2. The molecule has 36 heavy (non-hydrogen) atoms. The number of rotatable bonds is 7. The molecule has 1 heterocycles. The third-order valence-electron chi connectivity index (χ3n) is 6.02. The molecule has 0 aliphatic carbocycles. The molecule has 0 saturated heterocycles. The quantitative estimate of drug-likeness (QED) is 0.191. The molecule has 4 aromatic carbocycles. The first kappa shape index (κ1) is 23.1. The molecule has 5 aromatic rings. The summed E-state index contributed by atoms with van der Waals surface area (Å²) in [6.07, 6.45) is 0. The second-order valence-electron chi connectivity index (χ2n) is 8.38. The number of aromatic carboxylic acids is 1. The second-order valence-corrected chi connectivity index (χ2v) is 10.1. The van der Waals surface area contributed by atoms with Crippen LogP contribution < -0.4 is 10.5 Å². The number of fused-ring (bicyclic) bond motifs is 2. The maximum atomic E-state index is 13.3. The van der Waals surface area contributed by atoms with Crippen molar-refractivity contribution in [1.29, 1.82) is 5.41 Å². The van der Waals surface area contributed by atoms with Crippen molar-refractivity contribution < 1.29 is 18.3 Å². The van der Waals surface area contributed by atoms with Crippen LogP contribution in [0.15, 0.2) is 95.9 Å². The lowest BCUT2D eigenvalue weighted by molar-refractivity contribution is 0.0686. The maximum absolute atomic E-state index is 13.3. The predicted octanol–water partition coefficient (Wildman–Crippen LogP) is 4.63. The van der Waals surface area contributed by atoms with Crippen molar-refractivity contribution in [3.05, 3.63) is 108 Å². The highest BCUT2D eigenvalue weighted by Crippen LogP contribution is 2.29. The van der Waals surface area contributed by atoms with Crippen LogP contribution in [0.1, 0.15) is 21.6 Å². The van der Waals surface area contributed by atoms with Crippen LogP contribution in [0.5, 0.6) is 0 Å². The molecule has 5 N–H and O–H groups in total. The normalized spacial score (nSPS) is 11.6. The number of anilines is 1. The Bertz CT molecular complexity index is 1760. The molecule has 0 fully saturated rings. The van der Waals surface area contributed by atoms with Crippen molar-refractivity contribution in [2.45, 2.75) is 11.4 Å². The van der Waals surface area contributed by atoms with E-state index in [1.54, 1.807) is 71.3 Å². The van der Waals surface area contributed by atoms with Crippen LogP contribution in [0.25, 0.3) is 21.7 Å². The average Bonchev–Trinajstić information content (AvgIpc) is 3.22. The summed E-state index contributed by atoms with van der Waals surface area (Å²) in [6.45, 7) is 0.0989. The smallest absolute Gasteiger partial charge is 0.352 e. The van der Waals surface area contributed by atoms with Crippen LogP contribution in [0, 0.1) is 5.41 Å². The number of amidine groups is 1. The fourth-order valence-electron chi connectivity index (χ4n) is 4.31. The summed E-state index contributed by atoms with van der Waals surface area (Å²) in [4.78, 5) is 12.2. The van der Waals surface area contributed by atoms with E-state index in [1.165, 1.54) is 0 Å². The summed E-state index contributed by atoms with van der Waals surface area (Å²) in [7, 11) is -3.91. The molecular weight excluding hydrogens is 476 g/mol. The minimum atomic E-state index is -3.91. The zero-order valence-electron chi connectivity index (χ0n) is 19.0. The molecule has 0 bridgehead atoms. The third-order valence-corrected chi connectivity index (χ3v) is 7.38. The Morgan fingerprint density at radius 1 is 0.917 bits per heavy atom. The SMILES string of the molecule is N=C(N)c1ccc2cc(C(=O)O)n(Cc3cc(S(=O)(=O)Nc4ccccc4)cc4ccccc34)c2c1. The number of hydrogen-bond acceptors (Lipinski definition) is 4. The van der Waals surface area contributed by atoms with Crippen LogP contribution in [0.3, 0.4) is 0 Å². The summed E-state index contributed by atoms with van der Waals surface area (Å²) in [6, 6.07) is 25.7. The van der Waals surface area contributed by atoms with E-state index in [0.717, 1.165) is 5.39 Å². The number of para-hydroxylation sites is 1.